The molecule has 0 aliphatic carbocycles. The van der Waals surface area contributed by atoms with E-state index in [0.29, 0.717) is 18.5 Å². The standard InChI is InChI=1S/C24H32ClFN2O3/c1-5-7-11-21(6-2)12-8-9-15-28-24(30)19(3)14-16-27-23(29)18-31-17-10-13-22(25)20(4)26/h6,8-10,12-13,17H,2-5,7,11,14-16,18H2,1H3,(H,27,29)(H,28,30)/b9-8+,17-10+,21-12+,22-13+. The second-order valence-corrected chi connectivity index (χ2v) is 6.86. The van der Waals surface area contributed by atoms with Crippen LogP contribution >= 0.6 is 11.6 Å². The maximum Gasteiger partial charge on any atom is 0.257 e. The molecular formula is C24H32ClFN2O3. The van der Waals surface area contributed by atoms with Crippen molar-refractivity contribution < 1.29 is 18.7 Å². The van der Waals surface area contributed by atoms with Crippen LogP contribution in [-0.2, 0) is 14.3 Å². The van der Waals surface area contributed by atoms with Crippen LogP contribution in [-0.4, -0.2) is 31.5 Å². The van der Waals surface area contributed by atoms with Crippen molar-refractivity contribution in [2.75, 3.05) is 19.7 Å². The lowest BCUT2D eigenvalue weighted by molar-refractivity contribution is -0.124. The number of unbranched alkanes of at least 4 members (excludes halogenated alkanes) is 1. The highest BCUT2D eigenvalue weighted by Gasteiger charge is 2.06. The third kappa shape index (κ3) is 15.6. The Morgan fingerprint density at radius 2 is 1.87 bits per heavy atom. The van der Waals surface area contributed by atoms with Gasteiger partial charge >= 0.3 is 0 Å². The minimum atomic E-state index is -0.759. The summed E-state index contributed by atoms with van der Waals surface area (Å²) in [5.41, 5.74) is 1.53. The third-order valence-electron chi connectivity index (χ3n) is 3.87. The fourth-order valence-electron chi connectivity index (χ4n) is 2.08. The number of amides is 2. The van der Waals surface area contributed by atoms with E-state index < -0.39 is 5.83 Å². The Kier molecular flexibility index (Phi) is 16.3. The van der Waals surface area contributed by atoms with Crippen molar-refractivity contribution in [2.45, 2.75) is 32.6 Å². The molecule has 31 heavy (non-hydrogen) atoms. The number of carbonyl (C=O) groups excluding carboxylic acids is 2. The van der Waals surface area contributed by atoms with Crippen LogP contribution in [0.2, 0.25) is 0 Å². The maximum atomic E-state index is 12.6. The molecule has 0 saturated carbocycles. The number of hydrogen-bond acceptors (Lipinski definition) is 3. The van der Waals surface area contributed by atoms with Gasteiger partial charge in [0.25, 0.3) is 5.91 Å². The first-order valence-electron chi connectivity index (χ1n) is 10.0. The minimum absolute atomic E-state index is 0.151. The van der Waals surface area contributed by atoms with Crippen LogP contribution in [0.3, 0.4) is 0 Å². The van der Waals surface area contributed by atoms with E-state index in [1.807, 2.05) is 24.3 Å². The first-order chi connectivity index (χ1) is 14.8. The molecule has 0 saturated heterocycles. The van der Waals surface area contributed by atoms with Crippen LogP contribution in [0.25, 0.3) is 0 Å². The van der Waals surface area contributed by atoms with Gasteiger partial charge in [0.15, 0.2) is 6.61 Å². The molecule has 170 valence electrons. The lowest BCUT2D eigenvalue weighted by Gasteiger charge is -2.07. The molecule has 0 aromatic heterocycles. The van der Waals surface area contributed by atoms with Crippen molar-refractivity contribution >= 4 is 23.4 Å². The summed E-state index contributed by atoms with van der Waals surface area (Å²) in [6.45, 7) is 13.1. The number of halogens is 2. The summed E-state index contributed by atoms with van der Waals surface area (Å²) in [6.07, 6.45) is 14.9. The largest absolute Gasteiger partial charge is 0.491 e. The van der Waals surface area contributed by atoms with Crippen molar-refractivity contribution in [1.29, 1.82) is 0 Å². The molecule has 0 atom stereocenters. The van der Waals surface area contributed by atoms with E-state index in [9.17, 15) is 14.0 Å². The van der Waals surface area contributed by atoms with Gasteiger partial charge in [0.2, 0.25) is 5.91 Å². The van der Waals surface area contributed by atoms with Crippen molar-refractivity contribution in [3.05, 3.63) is 84.5 Å². The van der Waals surface area contributed by atoms with Crippen LogP contribution in [0, 0.1) is 0 Å². The number of nitrogens with one attached hydrogen (secondary N) is 2. The van der Waals surface area contributed by atoms with E-state index in [4.69, 9.17) is 16.3 Å². The second-order valence-electron chi connectivity index (χ2n) is 6.45. The Hall–Kier alpha value is -2.86. The van der Waals surface area contributed by atoms with Gasteiger partial charge in [-0.05, 0) is 37.0 Å². The Labute approximate surface area is 189 Å². The van der Waals surface area contributed by atoms with Crippen molar-refractivity contribution in [3.8, 4) is 0 Å². The summed E-state index contributed by atoms with van der Waals surface area (Å²) >= 11 is 5.51. The summed E-state index contributed by atoms with van der Waals surface area (Å²) in [5, 5.41) is 5.21. The highest BCUT2D eigenvalue weighted by molar-refractivity contribution is 6.31. The molecule has 0 heterocycles. The molecular weight excluding hydrogens is 419 g/mol. The lowest BCUT2D eigenvalue weighted by Crippen LogP contribution is -2.30. The van der Waals surface area contributed by atoms with Crippen LogP contribution in [0.15, 0.2) is 84.5 Å². The average molecular weight is 451 g/mol. The summed E-state index contributed by atoms with van der Waals surface area (Å²) < 4.78 is 17.6. The molecule has 5 nitrogen and oxygen atoms in total. The highest BCUT2D eigenvalue weighted by Crippen LogP contribution is 2.13. The van der Waals surface area contributed by atoms with Gasteiger partial charge in [-0.1, -0.05) is 69.0 Å². The lowest BCUT2D eigenvalue weighted by atomic mass is 10.1. The summed E-state index contributed by atoms with van der Waals surface area (Å²) in [4.78, 5) is 23.6. The zero-order chi connectivity index (χ0) is 23.5. The Bertz CT molecular complexity index is 752. The number of allylic oxidation sites excluding steroid dienone is 8. The number of rotatable bonds is 16. The van der Waals surface area contributed by atoms with E-state index in [2.05, 4.69) is 37.3 Å². The van der Waals surface area contributed by atoms with Gasteiger partial charge in [-0.15, -0.1) is 0 Å². The summed E-state index contributed by atoms with van der Waals surface area (Å²) in [7, 11) is 0. The van der Waals surface area contributed by atoms with Gasteiger partial charge in [0, 0.05) is 18.7 Å². The van der Waals surface area contributed by atoms with Gasteiger partial charge in [-0.25, -0.2) is 4.39 Å². The van der Waals surface area contributed by atoms with E-state index in [1.165, 1.54) is 18.4 Å². The van der Waals surface area contributed by atoms with Gasteiger partial charge in [-0.2, -0.15) is 0 Å². The molecule has 0 aliphatic rings. The zero-order valence-electron chi connectivity index (χ0n) is 18.1. The molecule has 0 unspecified atom stereocenters. The van der Waals surface area contributed by atoms with E-state index in [-0.39, 0.29) is 30.0 Å². The second kappa shape index (κ2) is 18.0. The summed E-state index contributed by atoms with van der Waals surface area (Å²) in [6, 6.07) is 0. The fraction of sp³-hybridized carbons (Fsp3) is 0.333. The molecule has 7 heteroatoms. The molecule has 0 radical (unpaired) electrons. The van der Waals surface area contributed by atoms with Crippen molar-refractivity contribution in [1.82, 2.24) is 10.6 Å². The average Bonchev–Trinajstić information content (AvgIpc) is 2.74. The van der Waals surface area contributed by atoms with E-state index in [1.54, 1.807) is 0 Å². The Balaban J connectivity index is 4.05. The molecule has 0 fully saturated rings. The van der Waals surface area contributed by atoms with Gasteiger partial charge in [0.1, 0.15) is 5.83 Å². The molecule has 0 bridgehead atoms. The molecule has 0 spiro atoms. The predicted molar refractivity (Wildman–Crippen MR) is 126 cm³/mol. The topological polar surface area (TPSA) is 67.4 Å². The van der Waals surface area contributed by atoms with Crippen LogP contribution in [0.5, 0.6) is 0 Å². The first kappa shape index (κ1) is 28.1. The van der Waals surface area contributed by atoms with E-state index in [0.717, 1.165) is 24.8 Å². The molecule has 0 aromatic rings. The molecule has 0 aliphatic heterocycles. The molecule has 2 amide bonds. The SMILES string of the molecule is C=C/C(=C\C=C\CNC(=O)C(=C)CCNC(=O)CO/C=C/C=C(/Cl)C(=C)F)CCCC. The van der Waals surface area contributed by atoms with E-state index >= 15 is 0 Å². The number of carbonyl (C=O) groups is 2. The van der Waals surface area contributed by atoms with Crippen molar-refractivity contribution in [2.24, 2.45) is 0 Å². The monoisotopic (exact) mass is 450 g/mol. The van der Waals surface area contributed by atoms with Gasteiger partial charge in [0.05, 0.1) is 11.3 Å². The number of hydrogen-bond donors (Lipinski definition) is 2. The van der Waals surface area contributed by atoms with Crippen molar-refractivity contribution in [3.63, 3.8) is 0 Å². The Morgan fingerprint density at radius 3 is 2.52 bits per heavy atom. The Morgan fingerprint density at radius 1 is 1.13 bits per heavy atom. The third-order valence-corrected chi connectivity index (χ3v) is 4.20. The smallest absolute Gasteiger partial charge is 0.257 e. The quantitative estimate of drug-likeness (QED) is 0.194. The molecule has 2 N–H and O–H groups in total. The normalized spacial score (nSPS) is 12.1. The van der Waals surface area contributed by atoms with Gasteiger partial charge in [-0.3, -0.25) is 9.59 Å². The fourth-order valence-corrected chi connectivity index (χ4v) is 2.15. The first-order valence-corrected chi connectivity index (χ1v) is 10.4. The maximum absolute atomic E-state index is 12.6. The predicted octanol–water partition coefficient (Wildman–Crippen LogP) is 5.16. The summed E-state index contributed by atoms with van der Waals surface area (Å²) in [5.74, 6) is -1.39. The number of ether oxygens (including phenoxy) is 1. The molecule has 0 rings (SSSR count). The van der Waals surface area contributed by atoms with Crippen LogP contribution < -0.4 is 10.6 Å². The highest BCUT2D eigenvalue weighted by atomic mass is 35.5. The molecule has 0 aromatic carbocycles. The minimum Gasteiger partial charge on any atom is -0.491 e. The van der Waals surface area contributed by atoms with Crippen LogP contribution in [0.4, 0.5) is 4.39 Å². The van der Waals surface area contributed by atoms with Crippen LogP contribution in [0.1, 0.15) is 32.6 Å². The van der Waals surface area contributed by atoms with Gasteiger partial charge < -0.3 is 15.4 Å². The zero-order valence-corrected chi connectivity index (χ0v) is 18.8.